The molecule has 1 heterocycles. The fourth-order valence-corrected chi connectivity index (χ4v) is 3.30. The summed E-state index contributed by atoms with van der Waals surface area (Å²) in [5, 5.41) is 9.31. The number of nitriles is 1. The maximum atomic E-state index is 9.31. The molecule has 0 radical (unpaired) electrons. The molecule has 17 heavy (non-hydrogen) atoms. The van der Waals surface area contributed by atoms with Crippen molar-refractivity contribution in [3.63, 3.8) is 0 Å². The van der Waals surface area contributed by atoms with E-state index >= 15 is 0 Å². The maximum absolute atomic E-state index is 9.31. The average Bonchev–Trinajstić information content (AvgIpc) is 2.38. The van der Waals surface area contributed by atoms with Gasteiger partial charge in [-0.25, -0.2) is 0 Å². The van der Waals surface area contributed by atoms with Crippen LogP contribution in [0, 0.1) is 23.2 Å². The summed E-state index contributed by atoms with van der Waals surface area (Å²) in [6.45, 7) is 7.24. The highest BCUT2D eigenvalue weighted by molar-refractivity contribution is 4.98. The van der Waals surface area contributed by atoms with Crippen molar-refractivity contribution in [1.82, 2.24) is 4.90 Å². The summed E-state index contributed by atoms with van der Waals surface area (Å²) in [4.78, 5) is 2.50. The zero-order valence-electron chi connectivity index (χ0n) is 11.1. The normalized spacial score (nSPS) is 39.8. The third kappa shape index (κ3) is 3.00. The predicted octanol–water partition coefficient (Wildman–Crippen LogP) is 2.43. The van der Waals surface area contributed by atoms with E-state index in [9.17, 15) is 5.26 Å². The predicted molar refractivity (Wildman–Crippen MR) is 67.5 cm³/mol. The Labute approximate surface area is 105 Å². The van der Waals surface area contributed by atoms with Gasteiger partial charge in [0.1, 0.15) is 0 Å². The van der Waals surface area contributed by atoms with Gasteiger partial charge in [-0.15, -0.1) is 0 Å². The van der Waals surface area contributed by atoms with Gasteiger partial charge in [0, 0.05) is 19.1 Å². The van der Waals surface area contributed by atoms with Crippen molar-refractivity contribution < 1.29 is 4.74 Å². The smallest absolute Gasteiger partial charge is 0.0674 e. The summed E-state index contributed by atoms with van der Waals surface area (Å²) >= 11 is 0. The number of hydrogen-bond acceptors (Lipinski definition) is 3. The second-order valence-electron chi connectivity index (χ2n) is 5.57. The Morgan fingerprint density at radius 2 is 2.24 bits per heavy atom. The maximum Gasteiger partial charge on any atom is 0.0674 e. The van der Waals surface area contributed by atoms with Gasteiger partial charge in [0.25, 0.3) is 0 Å². The van der Waals surface area contributed by atoms with E-state index in [1.807, 2.05) is 0 Å². The van der Waals surface area contributed by atoms with Gasteiger partial charge < -0.3 is 4.74 Å². The number of ether oxygens (including phenoxy) is 1. The molecule has 4 unspecified atom stereocenters. The summed E-state index contributed by atoms with van der Waals surface area (Å²) in [7, 11) is 0. The summed E-state index contributed by atoms with van der Waals surface area (Å²) in [6.07, 6.45) is 5.12. The van der Waals surface area contributed by atoms with Gasteiger partial charge in [0.2, 0.25) is 0 Å². The Hall–Kier alpha value is -0.590. The Morgan fingerprint density at radius 1 is 1.41 bits per heavy atom. The standard InChI is InChI=1S/C14H24N2O/c1-3-12-4-5-13(9-15)14(8-12)16-6-7-17-11(2)10-16/h11-14H,3-8,10H2,1-2H3. The molecule has 4 atom stereocenters. The minimum Gasteiger partial charge on any atom is -0.376 e. The minimum atomic E-state index is 0.239. The first-order valence-electron chi connectivity index (χ1n) is 6.99. The van der Waals surface area contributed by atoms with Crippen LogP contribution in [0.1, 0.15) is 39.5 Å². The fraction of sp³-hybridized carbons (Fsp3) is 0.929. The van der Waals surface area contributed by atoms with E-state index in [2.05, 4.69) is 24.8 Å². The molecule has 0 bridgehead atoms. The van der Waals surface area contributed by atoms with E-state index in [-0.39, 0.29) is 5.92 Å². The third-order valence-corrected chi connectivity index (χ3v) is 4.41. The van der Waals surface area contributed by atoms with E-state index in [0.717, 1.165) is 32.0 Å². The molecule has 0 N–H and O–H groups in total. The van der Waals surface area contributed by atoms with Gasteiger partial charge in [-0.3, -0.25) is 4.90 Å². The van der Waals surface area contributed by atoms with Gasteiger partial charge in [-0.05, 0) is 32.1 Å². The van der Waals surface area contributed by atoms with Gasteiger partial charge >= 0.3 is 0 Å². The van der Waals surface area contributed by atoms with Crippen LogP contribution in [0.2, 0.25) is 0 Å². The molecule has 1 saturated carbocycles. The zero-order valence-corrected chi connectivity index (χ0v) is 11.1. The molecule has 0 aromatic heterocycles. The van der Waals surface area contributed by atoms with E-state index in [4.69, 9.17) is 4.74 Å². The van der Waals surface area contributed by atoms with Gasteiger partial charge in [0.15, 0.2) is 0 Å². The average molecular weight is 236 g/mol. The lowest BCUT2D eigenvalue weighted by Crippen LogP contribution is -2.51. The van der Waals surface area contributed by atoms with Crippen LogP contribution in [-0.2, 0) is 4.74 Å². The van der Waals surface area contributed by atoms with Gasteiger partial charge in [0.05, 0.1) is 24.7 Å². The fourth-order valence-electron chi connectivity index (χ4n) is 3.30. The SMILES string of the molecule is CCC1CCC(C#N)C(N2CCOC(C)C2)C1. The Bertz CT molecular complexity index is 286. The summed E-state index contributed by atoms with van der Waals surface area (Å²) in [5.41, 5.74) is 0. The van der Waals surface area contributed by atoms with Crippen LogP contribution in [0.5, 0.6) is 0 Å². The molecule has 0 amide bonds. The van der Waals surface area contributed by atoms with Gasteiger partial charge in [-0.1, -0.05) is 13.3 Å². The van der Waals surface area contributed by atoms with Crippen molar-refractivity contribution in [2.24, 2.45) is 11.8 Å². The lowest BCUT2D eigenvalue weighted by Gasteiger charge is -2.43. The highest BCUT2D eigenvalue weighted by atomic mass is 16.5. The molecule has 3 nitrogen and oxygen atoms in total. The molecule has 1 aliphatic carbocycles. The van der Waals surface area contributed by atoms with Gasteiger partial charge in [-0.2, -0.15) is 5.26 Å². The first-order valence-corrected chi connectivity index (χ1v) is 6.99. The highest BCUT2D eigenvalue weighted by Gasteiger charge is 2.35. The van der Waals surface area contributed by atoms with Crippen LogP contribution < -0.4 is 0 Å². The first-order chi connectivity index (χ1) is 8.24. The minimum absolute atomic E-state index is 0.239. The van der Waals surface area contributed by atoms with Crippen LogP contribution in [0.3, 0.4) is 0 Å². The summed E-state index contributed by atoms with van der Waals surface area (Å²) in [6, 6.07) is 3.01. The number of nitrogens with zero attached hydrogens (tertiary/aromatic N) is 2. The molecular formula is C14H24N2O. The number of hydrogen-bond donors (Lipinski definition) is 0. The largest absolute Gasteiger partial charge is 0.376 e. The lowest BCUT2D eigenvalue weighted by molar-refractivity contribution is -0.0494. The second kappa shape index (κ2) is 5.84. The topological polar surface area (TPSA) is 36.3 Å². The van der Waals surface area contributed by atoms with Crippen LogP contribution in [0.15, 0.2) is 0 Å². The Balaban J connectivity index is 2.01. The van der Waals surface area contributed by atoms with Crippen molar-refractivity contribution in [3.05, 3.63) is 0 Å². The highest BCUT2D eigenvalue weighted by Crippen LogP contribution is 2.34. The molecule has 0 spiro atoms. The molecule has 0 aromatic carbocycles. The van der Waals surface area contributed by atoms with E-state index in [1.165, 1.54) is 19.3 Å². The second-order valence-corrected chi connectivity index (χ2v) is 5.57. The number of morpholine rings is 1. The molecule has 1 saturated heterocycles. The quantitative estimate of drug-likeness (QED) is 0.739. The van der Waals surface area contributed by atoms with Crippen molar-refractivity contribution in [2.75, 3.05) is 19.7 Å². The first kappa shape index (κ1) is 12.9. The van der Waals surface area contributed by atoms with Crippen LogP contribution in [0.4, 0.5) is 0 Å². The van der Waals surface area contributed by atoms with Crippen molar-refractivity contribution in [3.8, 4) is 6.07 Å². The summed E-state index contributed by atoms with van der Waals surface area (Å²) in [5.74, 6) is 1.06. The number of rotatable bonds is 2. The molecule has 2 rings (SSSR count). The van der Waals surface area contributed by atoms with Crippen LogP contribution in [0.25, 0.3) is 0 Å². The summed E-state index contributed by atoms with van der Waals surface area (Å²) < 4.78 is 5.60. The molecule has 96 valence electrons. The van der Waals surface area contributed by atoms with Crippen LogP contribution in [-0.4, -0.2) is 36.7 Å². The lowest BCUT2D eigenvalue weighted by atomic mass is 9.77. The monoisotopic (exact) mass is 236 g/mol. The molecular weight excluding hydrogens is 212 g/mol. The molecule has 2 aliphatic rings. The zero-order chi connectivity index (χ0) is 12.3. The third-order valence-electron chi connectivity index (χ3n) is 4.41. The molecule has 3 heteroatoms. The van der Waals surface area contributed by atoms with E-state index < -0.39 is 0 Å². The van der Waals surface area contributed by atoms with Crippen molar-refractivity contribution >= 4 is 0 Å². The van der Waals surface area contributed by atoms with E-state index in [0.29, 0.717) is 12.1 Å². The van der Waals surface area contributed by atoms with Crippen molar-refractivity contribution in [1.29, 1.82) is 5.26 Å². The molecule has 2 fully saturated rings. The Kier molecular flexibility index (Phi) is 4.42. The van der Waals surface area contributed by atoms with Crippen molar-refractivity contribution in [2.45, 2.75) is 51.7 Å². The molecule has 1 aliphatic heterocycles. The molecule has 0 aromatic rings. The van der Waals surface area contributed by atoms with Crippen LogP contribution >= 0.6 is 0 Å². The van der Waals surface area contributed by atoms with E-state index in [1.54, 1.807) is 0 Å². The Morgan fingerprint density at radius 3 is 2.88 bits per heavy atom.